The van der Waals surface area contributed by atoms with Gasteiger partial charge in [-0.2, -0.15) is 9.97 Å². The normalized spacial score (nSPS) is 31.9. The molecule has 1 saturated carbocycles. The smallest absolute Gasteiger partial charge is 0.241 e. The van der Waals surface area contributed by atoms with Crippen LogP contribution in [-0.2, 0) is 14.2 Å². The molecule has 10 heteroatoms. The van der Waals surface area contributed by atoms with Crippen LogP contribution in [0.4, 0.5) is 11.6 Å². The molecule has 154 valence electrons. The summed E-state index contributed by atoms with van der Waals surface area (Å²) in [6, 6.07) is 0.329. The Bertz CT molecular complexity index is 743. The van der Waals surface area contributed by atoms with E-state index in [1.54, 1.807) is 5.32 Å². The third-order valence-electron chi connectivity index (χ3n) is 5.48. The number of anilines is 1. The highest BCUT2D eigenvalue weighted by molar-refractivity contribution is 6.28. The summed E-state index contributed by atoms with van der Waals surface area (Å²) in [5.41, 5.74) is 0.557. The minimum atomic E-state index is -0.749. The van der Waals surface area contributed by atoms with Gasteiger partial charge in [-0.3, -0.25) is 5.32 Å². The van der Waals surface area contributed by atoms with Crippen LogP contribution in [0, 0.1) is 5.41 Å². The first-order chi connectivity index (χ1) is 13.4. The van der Waals surface area contributed by atoms with Gasteiger partial charge >= 0.3 is 0 Å². The minimum Gasteiger partial charge on any atom is -0.394 e. The van der Waals surface area contributed by atoms with Crippen LogP contribution in [0.15, 0.2) is 0 Å². The van der Waals surface area contributed by atoms with Crippen LogP contribution in [0.25, 0.3) is 0 Å². The number of aromatic nitrogens is 2. The maximum Gasteiger partial charge on any atom is 0.241 e. The molecule has 0 aromatic carbocycles. The zero-order valence-corrected chi connectivity index (χ0v) is 16.8. The van der Waals surface area contributed by atoms with Gasteiger partial charge in [0.1, 0.15) is 23.6 Å². The Labute approximate surface area is 168 Å². The van der Waals surface area contributed by atoms with Gasteiger partial charge in [0.05, 0.1) is 6.61 Å². The second-order valence-electron chi connectivity index (χ2n) is 7.96. The van der Waals surface area contributed by atoms with E-state index in [4.69, 9.17) is 31.2 Å². The molecular weight excluding hydrogens is 386 g/mol. The molecule has 3 heterocycles. The van der Waals surface area contributed by atoms with Crippen molar-refractivity contribution in [3.63, 3.8) is 0 Å². The van der Waals surface area contributed by atoms with E-state index in [0.29, 0.717) is 23.2 Å². The SMILES string of the molecule is CC1(C)OC2C(CO)OC([NH2+]c3nc(Cl)nc(NC4CCCC4)c3C=N)C2O1. The second-order valence-corrected chi connectivity index (χ2v) is 8.30. The van der Waals surface area contributed by atoms with Gasteiger partial charge in [-0.25, -0.2) is 0 Å². The van der Waals surface area contributed by atoms with Crippen LogP contribution < -0.4 is 10.6 Å². The monoisotopic (exact) mass is 412 g/mol. The van der Waals surface area contributed by atoms with Gasteiger partial charge < -0.3 is 30.0 Å². The van der Waals surface area contributed by atoms with Crippen molar-refractivity contribution >= 4 is 29.5 Å². The number of nitrogens with one attached hydrogen (secondary N) is 2. The minimum absolute atomic E-state index is 0.106. The molecule has 0 amide bonds. The predicted octanol–water partition coefficient (Wildman–Crippen LogP) is 0.914. The van der Waals surface area contributed by atoms with Crippen molar-refractivity contribution in [1.29, 1.82) is 5.41 Å². The van der Waals surface area contributed by atoms with Gasteiger partial charge in [0.25, 0.3) is 0 Å². The summed E-state index contributed by atoms with van der Waals surface area (Å²) < 4.78 is 17.8. The van der Waals surface area contributed by atoms with Crippen LogP contribution in [-0.4, -0.2) is 64.3 Å². The largest absolute Gasteiger partial charge is 0.394 e. The van der Waals surface area contributed by atoms with E-state index in [1.807, 2.05) is 13.8 Å². The number of halogens is 1. The molecule has 2 aliphatic heterocycles. The van der Waals surface area contributed by atoms with Crippen LogP contribution in [0.2, 0.25) is 5.28 Å². The first-order valence-electron chi connectivity index (χ1n) is 9.71. The molecule has 2 saturated heterocycles. The van der Waals surface area contributed by atoms with E-state index >= 15 is 0 Å². The summed E-state index contributed by atoms with van der Waals surface area (Å²) in [6.07, 6.45) is 4.05. The predicted molar refractivity (Wildman–Crippen MR) is 102 cm³/mol. The summed E-state index contributed by atoms with van der Waals surface area (Å²) in [4.78, 5) is 8.61. The molecule has 3 fully saturated rings. The van der Waals surface area contributed by atoms with E-state index in [1.165, 1.54) is 19.1 Å². The van der Waals surface area contributed by atoms with E-state index in [0.717, 1.165) is 12.8 Å². The highest BCUT2D eigenvalue weighted by Crippen LogP contribution is 2.37. The number of nitrogens with zero attached hydrogens (tertiary/aromatic N) is 2. The average molecular weight is 413 g/mol. The first kappa shape index (κ1) is 19.9. The highest BCUT2D eigenvalue weighted by Gasteiger charge is 2.57. The number of ether oxygens (including phenoxy) is 3. The number of aliphatic hydroxyl groups is 1. The molecule has 1 aliphatic carbocycles. The number of nitrogens with two attached hydrogens (primary N) is 1. The Balaban J connectivity index is 1.58. The number of hydrogen-bond donors (Lipinski definition) is 4. The summed E-state index contributed by atoms with van der Waals surface area (Å²) >= 11 is 6.17. The van der Waals surface area contributed by atoms with Crippen molar-refractivity contribution in [2.45, 2.75) is 75.9 Å². The van der Waals surface area contributed by atoms with Gasteiger partial charge in [0.2, 0.25) is 17.3 Å². The summed E-state index contributed by atoms with van der Waals surface area (Å²) in [5.74, 6) is 0.318. The fraction of sp³-hybridized carbons (Fsp3) is 0.722. The molecule has 28 heavy (non-hydrogen) atoms. The van der Waals surface area contributed by atoms with Crippen LogP contribution in [0.3, 0.4) is 0 Å². The maximum atomic E-state index is 9.65. The summed E-state index contributed by atoms with van der Waals surface area (Å²) in [5, 5.41) is 22.8. The highest BCUT2D eigenvalue weighted by atomic mass is 35.5. The van der Waals surface area contributed by atoms with Crippen molar-refractivity contribution in [3.8, 4) is 0 Å². The second kappa shape index (κ2) is 7.81. The maximum absolute atomic E-state index is 9.65. The van der Waals surface area contributed by atoms with Gasteiger partial charge in [-0.15, -0.1) is 0 Å². The number of hydrogen-bond acceptors (Lipinski definition) is 8. The number of fused-ring (bicyclic) bond motifs is 1. The van der Waals surface area contributed by atoms with Crippen molar-refractivity contribution in [1.82, 2.24) is 9.97 Å². The lowest BCUT2D eigenvalue weighted by Gasteiger charge is -2.22. The Morgan fingerprint density at radius 1 is 1.29 bits per heavy atom. The van der Waals surface area contributed by atoms with Crippen molar-refractivity contribution in [3.05, 3.63) is 10.8 Å². The van der Waals surface area contributed by atoms with Gasteiger partial charge in [0, 0.05) is 12.3 Å². The molecule has 0 radical (unpaired) electrons. The zero-order chi connectivity index (χ0) is 19.9. The lowest BCUT2D eigenvalue weighted by Crippen LogP contribution is -2.88. The zero-order valence-electron chi connectivity index (χ0n) is 16.0. The van der Waals surface area contributed by atoms with Crippen LogP contribution >= 0.6 is 11.6 Å². The Kier molecular flexibility index (Phi) is 5.56. The van der Waals surface area contributed by atoms with Crippen LogP contribution in [0.1, 0.15) is 45.1 Å². The number of rotatable bonds is 6. The lowest BCUT2D eigenvalue weighted by molar-refractivity contribution is -0.665. The van der Waals surface area contributed by atoms with Crippen molar-refractivity contribution in [2.24, 2.45) is 0 Å². The standard InChI is InChI=1S/C18H26ClN5O4/c1-18(2)27-12-11(8-25)26-16(13(12)28-18)22-15-10(7-20)14(23-17(19)24-15)21-9-5-3-4-6-9/h7,9,11-13,16,20,25H,3-6,8H2,1-2H3,(H2,21,22,23,24)/p+1. The number of quaternary nitrogens is 1. The molecule has 4 atom stereocenters. The van der Waals surface area contributed by atoms with Crippen LogP contribution in [0.5, 0.6) is 0 Å². The Morgan fingerprint density at radius 2 is 2.00 bits per heavy atom. The van der Waals surface area contributed by atoms with E-state index in [2.05, 4.69) is 15.3 Å². The third kappa shape index (κ3) is 3.87. The quantitative estimate of drug-likeness (QED) is 0.404. The molecule has 9 nitrogen and oxygen atoms in total. The van der Waals surface area contributed by atoms with Gasteiger partial charge in [-0.1, -0.05) is 12.8 Å². The third-order valence-corrected chi connectivity index (χ3v) is 5.65. The van der Waals surface area contributed by atoms with Gasteiger partial charge in [-0.05, 0) is 38.3 Å². The Morgan fingerprint density at radius 3 is 2.68 bits per heavy atom. The Hall–Kier alpha value is -1.36. The van der Waals surface area contributed by atoms with Gasteiger partial charge in [0.15, 0.2) is 11.9 Å². The molecule has 4 unspecified atom stereocenters. The van der Waals surface area contributed by atoms with Crippen molar-refractivity contribution in [2.75, 3.05) is 11.9 Å². The molecule has 4 rings (SSSR count). The molecule has 3 aliphatic rings. The molecule has 5 N–H and O–H groups in total. The van der Waals surface area contributed by atoms with E-state index in [9.17, 15) is 5.11 Å². The lowest BCUT2D eigenvalue weighted by atomic mass is 10.1. The number of aliphatic hydroxyl groups excluding tert-OH is 1. The molecule has 0 spiro atoms. The van der Waals surface area contributed by atoms with E-state index in [-0.39, 0.29) is 24.1 Å². The first-order valence-corrected chi connectivity index (χ1v) is 10.1. The molecular formula is C18H27ClN5O4+. The molecule has 1 aromatic rings. The van der Waals surface area contributed by atoms with Crippen molar-refractivity contribution < 1.29 is 24.6 Å². The fourth-order valence-electron chi connectivity index (χ4n) is 4.25. The molecule has 0 bridgehead atoms. The average Bonchev–Trinajstić information content (AvgIpc) is 3.31. The molecule has 1 aromatic heterocycles. The topological polar surface area (TPSA) is 126 Å². The fourth-order valence-corrected chi connectivity index (χ4v) is 4.43. The summed E-state index contributed by atoms with van der Waals surface area (Å²) in [7, 11) is 0. The summed E-state index contributed by atoms with van der Waals surface area (Å²) in [6.45, 7) is 3.51. The van der Waals surface area contributed by atoms with E-state index < -0.39 is 18.1 Å².